The van der Waals surface area contributed by atoms with Gasteiger partial charge in [0.15, 0.2) is 0 Å². The van der Waals surface area contributed by atoms with Gasteiger partial charge < -0.3 is 5.32 Å². The Kier molecular flexibility index (Phi) is 6.07. The maximum absolute atomic E-state index is 3.66. The summed E-state index contributed by atoms with van der Waals surface area (Å²) in [5.74, 6) is 0.797. The Morgan fingerprint density at radius 1 is 1.31 bits per heavy atom. The highest BCUT2D eigenvalue weighted by molar-refractivity contribution is 7.10. The lowest BCUT2D eigenvalue weighted by molar-refractivity contribution is 0.441. The summed E-state index contributed by atoms with van der Waals surface area (Å²) in [6.45, 7) is 10.1. The standard InChI is InChI=1S/C14H25NS/c1-5-8-15-14(7-6-11(2)3)13-9-12(4)16-10-13/h9-11,14-15H,5-8H2,1-4H3. The zero-order valence-electron chi connectivity index (χ0n) is 11.0. The molecule has 0 amide bonds. The van der Waals surface area contributed by atoms with Crippen LogP contribution in [-0.4, -0.2) is 6.54 Å². The fraction of sp³-hybridized carbons (Fsp3) is 0.714. The monoisotopic (exact) mass is 239 g/mol. The topological polar surface area (TPSA) is 12.0 Å². The van der Waals surface area contributed by atoms with Crippen LogP contribution in [0.25, 0.3) is 0 Å². The number of hydrogen-bond acceptors (Lipinski definition) is 2. The molecule has 1 aromatic heterocycles. The molecule has 0 spiro atoms. The Morgan fingerprint density at radius 3 is 2.56 bits per heavy atom. The highest BCUT2D eigenvalue weighted by Crippen LogP contribution is 2.25. The Morgan fingerprint density at radius 2 is 2.06 bits per heavy atom. The lowest BCUT2D eigenvalue weighted by Gasteiger charge is -2.18. The normalized spacial score (nSPS) is 13.3. The van der Waals surface area contributed by atoms with Gasteiger partial charge in [0, 0.05) is 10.9 Å². The molecule has 0 aromatic carbocycles. The minimum atomic E-state index is 0.562. The van der Waals surface area contributed by atoms with E-state index in [2.05, 4.69) is 44.5 Å². The first kappa shape index (κ1) is 13.7. The SMILES string of the molecule is CCCNC(CCC(C)C)c1csc(C)c1. The number of nitrogens with one attached hydrogen (secondary N) is 1. The minimum Gasteiger partial charge on any atom is -0.310 e. The van der Waals surface area contributed by atoms with E-state index >= 15 is 0 Å². The Labute approximate surface area is 104 Å². The van der Waals surface area contributed by atoms with Crippen molar-refractivity contribution in [3.05, 3.63) is 21.9 Å². The quantitative estimate of drug-likeness (QED) is 0.737. The molecule has 16 heavy (non-hydrogen) atoms. The maximum atomic E-state index is 3.66. The lowest BCUT2D eigenvalue weighted by atomic mass is 9.99. The van der Waals surface area contributed by atoms with E-state index < -0.39 is 0 Å². The molecule has 2 heteroatoms. The third-order valence-electron chi connectivity index (χ3n) is 2.83. The van der Waals surface area contributed by atoms with Crippen LogP contribution in [0.15, 0.2) is 11.4 Å². The van der Waals surface area contributed by atoms with E-state index in [0.717, 1.165) is 12.5 Å². The van der Waals surface area contributed by atoms with Crippen molar-refractivity contribution in [2.75, 3.05) is 6.54 Å². The highest BCUT2D eigenvalue weighted by Gasteiger charge is 2.12. The zero-order valence-corrected chi connectivity index (χ0v) is 11.9. The van der Waals surface area contributed by atoms with Crippen molar-refractivity contribution in [1.82, 2.24) is 5.32 Å². The van der Waals surface area contributed by atoms with Gasteiger partial charge in [-0.15, -0.1) is 11.3 Å². The minimum absolute atomic E-state index is 0.562. The van der Waals surface area contributed by atoms with Crippen LogP contribution in [0.1, 0.15) is 56.5 Å². The Bertz CT molecular complexity index is 291. The van der Waals surface area contributed by atoms with E-state index in [1.807, 2.05) is 11.3 Å². The van der Waals surface area contributed by atoms with Gasteiger partial charge >= 0.3 is 0 Å². The van der Waals surface area contributed by atoms with E-state index in [4.69, 9.17) is 0 Å². The highest BCUT2D eigenvalue weighted by atomic mass is 32.1. The summed E-state index contributed by atoms with van der Waals surface area (Å²) < 4.78 is 0. The third-order valence-corrected chi connectivity index (χ3v) is 3.71. The molecule has 1 nitrogen and oxygen atoms in total. The predicted molar refractivity (Wildman–Crippen MR) is 74.2 cm³/mol. The van der Waals surface area contributed by atoms with E-state index in [1.54, 1.807) is 0 Å². The number of rotatable bonds is 7. The molecule has 0 aliphatic carbocycles. The van der Waals surface area contributed by atoms with Crippen molar-refractivity contribution in [3.8, 4) is 0 Å². The van der Waals surface area contributed by atoms with E-state index in [9.17, 15) is 0 Å². The lowest BCUT2D eigenvalue weighted by Crippen LogP contribution is -2.22. The van der Waals surface area contributed by atoms with Crippen LogP contribution in [0.5, 0.6) is 0 Å². The summed E-state index contributed by atoms with van der Waals surface area (Å²) >= 11 is 1.86. The summed E-state index contributed by atoms with van der Waals surface area (Å²) in [6, 6.07) is 2.89. The van der Waals surface area contributed by atoms with Crippen LogP contribution in [0.2, 0.25) is 0 Å². The predicted octanol–water partition coefficient (Wildman–Crippen LogP) is 4.53. The molecule has 0 fully saturated rings. The van der Waals surface area contributed by atoms with E-state index in [1.165, 1.54) is 29.7 Å². The molecular formula is C14H25NS. The van der Waals surface area contributed by atoms with E-state index in [-0.39, 0.29) is 0 Å². The molecule has 0 saturated carbocycles. The maximum Gasteiger partial charge on any atom is 0.0328 e. The molecule has 0 bridgehead atoms. The van der Waals surface area contributed by atoms with Crippen LogP contribution < -0.4 is 5.32 Å². The van der Waals surface area contributed by atoms with Crippen molar-refractivity contribution < 1.29 is 0 Å². The summed E-state index contributed by atoms with van der Waals surface area (Å²) in [6.07, 6.45) is 3.77. The summed E-state index contributed by atoms with van der Waals surface area (Å²) in [4.78, 5) is 1.42. The molecular weight excluding hydrogens is 214 g/mol. The van der Waals surface area contributed by atoms with Gasteiger partial charge in [0.05, 0.1) is 0 Å². The van der Waals surface area contributed by atoms with Crippen LogP contribution >= 0.6 is 11.3 Å². The fourth-order valence-corrected chi connectivity index (χ4v) is 2.61. The van der Waals surface area contributed by atoms with Crippen molar-refractivity contribution in [2.45, 2.75) is 53.0 Å². The summed E-state index contributed by atoms with van der Waals surface area (Å²) in [5.41, 5.74) is 1.48. The van der Waals surface area contributed by atoms with E-state index in [0.29, 0.717) is 6.04 Å². The average molecular weight is 239 g/mol. The number of hydrogen-bond donors (Lipinski definition) is 1. The van der Waals surface area contributed by atoms with Gasteiger partial charge in [-0.1, -0.05) is 20.8 Å². The zero-order chi connectivity index (χ0) is 12.0. The van der Waals surface area contributed by atoms with Crippen molar-refractivity contribution >= 4 is 11.3 Å². The molecule has 1 rings (SSSR count). The van der Waals surface area contributed by atoms with Crippen LogP contribution in [0, 0.1) is 12.8 Å². The Hall–Kier alpha value is -0.340. The Balaban J connectivity index is 2.55. The van der Waals surface area contributed by atoms with Crippen LogP contribution in [-0.2, 0) is 0 Å². The van der Waals surface area contributed by atoms with Crippen LogP contribution in [0.3, 0.4) is 0 Å². The van der Waals surface area contributed by atoms with Crippen molar-refractivity contribution in [2.24, 2.45) is 5.92 Å². The van der Waals surface area contributed by atoms with Gasteiger partial charge in [0.1, 0.15) is 0 Å². The number of thiophene rings is 1. The first-order valence-electron chi connectivity index (χ1n) is 6.42. The molecule has 1 atom stereocenters. The van der Waals surface area contributed by atoms with Crippen LogP contribution in [0.4, 0.5) is 0 Å². The second-order valence-electron chi connectivity index (χ2n) is 4.97. The second-order valence-corrected chi connectivity index (χ2v) is 6.08. The first-order valence-corrected chi connectivity index (χ1v) is 7.29. The molecule has 0 aliphatic rings. The van der Waals surface area contributed by atoms with Crippen molar-refractivity contribution in [1.29, 1.82) is 0 Å². The fourth-order valence-electron chi connectivity index (χ4n) is 1.85. The third kappa shape index (κ3) is 4.67. The van der Waals surface area contributed by atoms with Gasteiger partial charge in [-0.3, -0.25) is 0 Å². The van der Waals surface area contributed by atoms with Gasteiger partial charge in [-0.25, -0.2) is 0 Å². The molecule has 1 N–H and O–H groups in total. The van der Waals surface area contributed by atoms with Gasteiger partial charge in [-0.05, 0) is 55.7 Å². The molecule has 1 heterocycles. The van der Waals surface area contributed by atoms with Gasteiger partial charge in [0.2, 0.25) is 0 Å². The van der Waals surface area contributed by atoms with Gasteiger partial charge in [0.25, 0.3) is 0 Å². The molecule has 0 aliphatic heterocycles. The molecule has 0 radical (unpaired) electrons. The van der Waals surface area contributed by atoms with Gasteiger partial charge in [-0.2, -0.15) is 0 Å². The summed E-state index contributed by atoms with van der Waals surface area (Å²) in [7, 11) is 0. The van der Waals surface area contributed by atoms with Crippen molar-refractivity contribution in [3.63, 3.8) is 0 Å². The molecule has 0 saturated heterocycles. The summed E-state index contributed by atoms with van der Waals surface area (Å²) in [5, 5.41) is 5.97. The largest absolute Gasteiger partial charge is 0.310 e. The molecule has 92 valence electrons. The second kappa shape index (κ2) is 7.08. The molecule has 1 aromatic rings. The number of aryl methyl sites for hydroxylation is 1. The smallest absolute Gasteiger partial charge is 0.0328 e. The average Bonchev–Trinajstić information content (AvgIpc) is 2.64. The first-order chi connectivity index (χ1) is 7.63. The molecule has 1 unspecified atom stereocenters.